The average molecular weight is 498 g/mol. The van der Waals surface area contributed by atoms with Crippen LogP contribution in [0.25, 0.3) is 16.5 Å². The topological polar surface area (TPSA) is 81.6 Å². The summed E-state index contributed by atoms with van der Waals surface area (Å²) < 4.78 is 7.33. The molecule has 2 saturated heterocycles. The molecule has 1 aromatic heterocycles. The first-order valence-electron chi connectivity index (χ1n) is 13.2. The van der Waals surface area contributed by atoms with E-state index in [1.807, 2.05) is 25.2 Å². The number of hydrogen-bond donors (Lipinski definition) is 3. The Labute approximate surface area is 211 Å². The van der Waals surface area contributed by atoms with Crippen LogP contribution in [0.3, 0.4) is 0 Å². The number of ether oxygens (including phenoxy) is 1. The van der Waals surface area contributed by atoms with Crippen LogP contribution in [0.2, 0.25) is 0 Å². The van der Waals surface area contributed by atoms with Crippen LogP contribution >= 0.6 is 11.6 Å². The molecule has 7 rings (SSSR count). The Hall–Kier alpha value is -1.44. The van der Waals surface area contributed by atoms with Crippen molar-refractivity contribution in [3.8, 4) is 0 Å². The maximum atomic E-state index is 11.3. The van der Waals surface area contributed by atoms with E-state index in [9.17, 15) is 10.2 Å². The maximum absolute atomic E-state index is 11.3. The molecule has 6 nitrogen and oxygen atoms in total. The highest BCUT2D eigenvalue weighted by Gasteiger charge is 2.76. The molecule has 2 saturated carbocycles. The number of rotatable bonds is 2. The van der Waals surface area contributed by atoms with Crippen molar-refractivity contribution in [2.45, 2.75) is 86.2 Å². The van der Waals surface area contributed by atoms with Gasteiger partial charge in [0.25, 0.3) is 0 Å². The van der Waals surface area contributed by atoms with Gasteiger partial charge in [-0.25, -0.2) is 0 Å². The maximum Gasteiger partial charge on any atom is 0.0958 e. The number of nitrogens with zero attached hydrogens (tertiary/aromatic N) is 2. The van der Waals surface area contributed by atoms with Crippen molar-refractivity contribution in [3.63, 3.8) is 0 Å². The second-order valence-corrected chi connectivity index (χ2v) is 13.3. The fraction of sp³-hybridized carbons (Fsp3) is 0.679. The molecule has 4 fully saturated rings. The first-order valence-corrected chi connectivity index (χ1v) is 13.6. The number of hydrogen-bond acceptors (Lipinski definition) is 5. The Balaban J connectivity index is 1.28. The molecule has 0 radical (unpaired) electrons. The van der Waals surface area contributed by atoms with Crippen LogP contribution in [0.1, 0.15) is 57.4 Å². The molecule has 2 spiro atoms. The molecule has 2 bridgehead atoms. The van der Waals surface area contributed by atoms with Crippen LogP contribution in [-0.4, -0.2) is 73.7 Å². The van der Waals surface area contributed by atoms with Gasteiger partial charge in [0.2, 0.25) is 0 Å². The van der Waals surface area contributed by atoms with Gasteiger partial charge in [0.15, 0.2) is 0 Å². The van der Waals surface area contributed by atoms with Gasteiger partial charge in [-0.2, -0.15) is 5.10 Å². The predicted molar refractivity (Wildman–Crippen MR) is 136 cm³/mol. The summed E-state index contributed by atoms with van der Waals surface area (Å²) in [7, 11) is 3.97. The van der Waals surface area contributed by atoms with Crippen LogP contribution < -0.4 is 0 Å². The SMILES string of the molecule is CN(C)[C@H]1C[C@@]23CC[C@]4(O2)C2CC=C(c5ccc6[nH]ncc6c5)[C@@]2(C)CCC4(Cl)CC3[C@@H](O)[C@@H]1O. The second kappa shape index (κ2) is 7.11. The molecule has 0 amide bonds. The third-order valence-electron chi connectivity index (χ3n) is 11.0. The van der Waals surface area contributed by atoms with Crippen molar-refractivity contribution in [3.05, 3.63) is 36.0 Å². The molecule has 7 heteroatoms. The van der Waals surface area contributed by atoms with Crippen molar-refractivity contribution < 1.29 is 14.9 Å². The van der Waals surface area contributed by atoms with E-state index in [1.54, 1.807) is 0 Å². The van der Waals surface area contributed by atoms with Crippen molar-refractivity contribution in [1.82, 2.24) is 15.1 Å². The predicted octanol–water partition coefficient (Wildman–Crippen LogP) is 4.11. The number of alkyl halides is 1. The number of halogens is 1. The Morgan fingerprint density at radius 3 is 2.74 bits per heavy atom. The van der Waals surface area contributed by atoms with Gasteiger partial charge in [0.05, 0.1) is 40.0 Å². The van der Waals surface area contributed by atoms with Crippen LogP contribution in [-0.2, 0) is 4.74 Å². The minimum Gasteiger partial charge on any atom is -0.390 e. The van der Waals surface area contributed by atoms with E-state index < -0.39 is 28.3 Å². The number of likely N-dealkylation sites (N-methyl/N-ethyl adjacent to an activating group) is 1. The summed E-state index contributed by atoms with van der Waals surface area (Å²) in [6.45, 7) is 2.42. The zero-order valence-corrected chi connectivity index (χ0v) is 21.6. The highest BCUT2D eigenvalue weighted by Crippen LogP contribution is 2.73. The lowest BCUT2D eigenvalue weighted by Crippen LogP contribution is -2.72. The molecule has 188 valence electrons. The molecule has 5 aliphatic rings. The van der Waals surface area contributed by atoms with E-state index in [1.165, 1.54) is 11.1 Å². The normalized spacial score (nSPS) is 48.5. The quantitative estimate of drug-likeness (QED) is 0.544. The average Bonchev–Trinajstić information content (AvgIpc) is 3.52. The second-order valence-electron chi connectivity index (χ2n) is 12.5. The number of benzene rings is 1. The number of allylic oxidation sites excluding steroid dienone is 2. The molecule has 3 aliphatic carbocycles. The van der Waals surface area contributed by atoms with Crippen LogP contribution in [0.5, 0.6) is 0 Å². The third-order valence-corrected chi connectivity index (χ3v) is 11.6. The molecule has 3 heterocycles. The first kappa shape index (κ1) is 22.7. The highest BCUT2D eigenvalue weighted by molar-refractivity contribution is 6.25. The van der Waals surface area contributed by atoms with Crippen LogP contribution in [0, 0.1) is 17.3 Å². The van der Waals surface area contributed by atoms with Gasteiger partial charge in [-0.15, -0.1) is 11.6 Å². The number of H-pyrrole nitrogens is 1. The monoisotopic (exact) mass is 497 g/mol. The number of aliphatic hydroxyl groups excluding tert-OH is 2. The van der Waals surface area contributed by atoms with E-state index in [-0.39, 0.29) is 17.4 Å². The largest absolute Gasteiger partial charge is 0.390 e. The van der Waals surface area contributed by atoms with Crippen molar-refractivity contribution >= 4 is 28.1 Å². The summed E-state index contributed by atoms with van der Waals surface area (Å²) in [4.78, 5) is 1.54. The minimum atomic E-state index is -0.810. The van der Waals surface area contributed by atoms with Crippen LogP contribution in [0.15, 0.2) is 30.5 Å². The van der Waals surface area contributed by atoms with E-state index in [0.29, 0.717) is 5.92 Å². The van der Waals surface area contributed by atoms with E-state index >= 15 is 0 Å². The van der Waals surface area contributed by atoms with E-state index in [2.05, 4.69) is 41.4 Å². The lowest BCUT2D eigenvalue weighted by molar-refractivity contribution is -0.276. The van der Waals surface area contributed by atoms with Gasteiger partial charge in [-0.1, -0.05) is 19.1 Å². The standard InChI is InChI=1S/C28H36ClN3O3/c1-25-8-10-27(29)13-19-23(33)24(34)21(32(2)3)14-26(19)9-11-28(27,35-26)22(25)7-5-18(25)16-4-6-20-17(12-16)15-30-31-20/h4-6,12,15,19,21-24,33-34H,7-11,13-14H2,1-3H3,(H,30,31)/t19?,21-,22?,23+,24+,25+,26+,27?,28-/m0/s1. The van der Waals surface area contributed by atoms with Gasteiger partial charge in [0.1, 0.15) is 0 Å². The van der Waals surface area contributed by atoms with Gasteiger partial charge in [-0.05, 0) is 87.7 Å². The molecule has 9 atom stereocenters. The molecule has 3 unspecified atom stereocenters. The summed E-state index contributed by atoms with van der Waals surface area (Å²) in [5.41, 5.74) is 2.91. The fourth-order valence-corrected chi connectivity index (χ4v) is 9.64. The molecular formula is C28H36ClN3O3. The zero-order chi connectivity index (χ0) is 24.4. The highest BCUT2D eigenvalue weighted by atomic mass is 35.5. The van der Waals surface area contributed by atoms with Crippen molar-refractivity contribution in [1.29, 1.82) is 0 Å². The lowest BCUT2D eigenvalue weighted by atomic mass is 9.52. The number of aromatic amines is 1. The Kier molecular flexibility index (Phi) is 4.62. The smallest absolute Gasteiger partial charge is 0.0958 e. The van der Waals surface area contributed by atoms with Gasteiger partial charge in [-0.3, -0.25) is 5.10 Å². The van der Waals surface area contributed by atoms with Gasteiger partial charge < -0.3 is 19.8 Å². The molecule has 35 heavy (non-hydrogen) atoms. The zero-order valence-electron chi connectivity index (χ0n) is 20.8. The number of aliphatic hydroxyl groups is 2. The van der Waals surface area contributed by atoms with Crippen molar-refractivity contribution in [2.75, 3.05) is 14.1 Å². The summed E-state index contributed by atoms with van der Waals surface area (Å²) in [6.07, 6.45) is 8.87. The summed E-state index contributed by atoms with van der Waals surface area (Å²) in [6, 6.07) is 6.49. The summed E-state index contributed by atoms with van der Waals surface area (Å²) >= 11 is 7.61. The lowest BCUT2D eigenvalue weighted by Gasteiger charge is -2.65. The molecule has 2 aromatic rings. The Morgan fingerprint density at radius 1 is 1.11 bits per heavy atom. The Morgan fingerprint density at radius 2 is 1.94 bits per heavy atom. The third kappa shape index (κ3) is 2.73. The van der Waals surface area contributed by atoms with E-state index in [0.717, 1.165) is 55.8 Å². The van der Waals surface area contributed by atoms with Gasteiger partial charge >= 0.3 is 0 Å². The minimum absolute atomic E-state index is 0.0120. The molecule has 2 aliphatic heterocycles. The first-order chi connectivity index (χ1) is 16.6. The number of nitrogens with one attached hydrogen (secondary N) is 1. The Bertz CT molecular complexity index is 1230. The molecule has 3 N–H and O–H groups in total. The molecule has 1 aromatic carbocycles. The van der Waals surface area contributed by atoms with Gasteiger partial charge in [0, 0.05) is 23.3 Å². The fourth-order valence-electron chi connectivity index (χ4n) is 9.12. The van der Waals surface area contributed by atoms with E-state index in [4.69, 9.17) is 16.3 Å². The van der Waals surface area contributed by atoms with Crippen molar-refractivity contribution in [2.24, 2.45) is 17.3 Å². The van der Waals surface area contributed by atoms with Crippen LogP contribution in [0.4, 0.5) is 0 Å². The number of aromatic nitrogens is 2. The summed E-state index contributed by atoms with van der Waals surface area (Å²) in [5, 5.41) is 30.6. The molecular weight excluding hydrogens is 462 g/mol. The summed E-state index contributed by atoms with van der Waals surface area (Å²) in [5.74, 6) is 0.182. The number of fused-ring (bicyclic) bond motifs is 2.